The molecule has 110 valence electrons. The minimum atomic E-state index is -0.230. The normalized spacial score (nSPS) is 25.1. The Morgan fingerprint density at radius 2 is 2.30 bits per heavy atom. The number of aromatic nitrogens is 1. The van der Waals surface area contributed by atoms with Crippen LogP contribution in [0.2, 0.25) is 4.34 Å². The van der Waals surface area contributed by atoms with Crippen molar-refractivity contribution in [3.05, 3.63) is 15.5 Å². The molecule has 0 radical (unpaired) electrons. The Morgan fingerprint density at radius 1 is 1.60 bits per heavy atom. The maximum Gasteiger partial charge on any atom is 0.280 e. The second kappa shape index (κ2) is 8.20. The van der Waals surface area contributed by atoms with Gasteiger partial charge in [0.2, 0.25) is 0 Å². The molecule has 3 unspecified atom stereocenters. The van der Waals surface area contributed by atoms with E-state index >= 15 is 0 Å². The number of hydrogen-bond acceptors (Lipinski definition) is 5. The van der Waals surface area contributed by atoms with Crippen LogP contribution in [0.1, 0.15) is 36.0 Å². The fraction of sp³-hybridized carbons (Fsp3) is 0.615. The van der Waals surface area contributed by atoms with Gasteiger partial charge in [-0.25, -0.2) is 4.98 Å². The second-order valence-corrected chi connectivity index (χ2v) is 6.27. The number of amides is 1. The van der Waals surface area contributed by atoms with Crippen molar-refractivity contribution in [2.24, 2.45) is 17.6 Å². The van der Waals surface area contributed by atoms with E-state index in [0.717, 1.165) is 30.6 Å². The minimum Gasteiger partial charge on any atom is -0.346 e. The maximum absolute atomic E-state index is 12.0. The summed E-state index contributed by atoms with van der Waals surface area (Å²) in [4.78, 5) is 15.9. The van der Waals surface area contributed by atoms with Gasteiger partial charge in [0.05, 0.1) is 18.2 Å². The lowest BCUT2D eigenvalue weighted by atomic mass is 9.77. The molecule has 1 saturated carbocycles. The van der Waals surface area contributed by atoms with Crippen LogP contribution in [0.3, 0.4) is 0 Å². The van der Waals surface area contributed by atoms with Crippen molar-refractivity contribution in [3.63, 3.8) is 0 Å². The van der Waals surface area contributed by atoms with E-state index in [4.69, 9.17) is 11.6 Å². The maximum atomic E-state index is 12.0. The van der Waals surface area contributed by atoms with Gasteiger partial charge in [-0.1, -0.05) is 36.3 Å². The Balaban J connectivity index is 0.000000956. The van der Waals surface area contributed by atoms with Gasteiger partial charge in [-0.15, -0.1) is 0 Å². The average molecular weight is 315 g/mol. The van der Waals surface area contributed by atoms with Crippen LogP contribution < -0.4 is 11.1 Å². The first-order valence-electron chi connectivity index (χ1n) is 6.51. The standard InChI is InChI=1S/C12H14ClN3OS.CH5N/c1-7-3-2-4-9(8(7)5-14)16-11(17)12-15-6-10(13)18-12;1-2/h6-9H,2-4H2,1H3,(H,16,17);2H2,1H3. The SMILES string of the molecule is CC1CCCC(NC(=O)c2ncc(Cl)s2)C1C#N.CN. The third-order valence-electron chi connectivity index (χ3n) is 3.36. The molecule has 0 aromatic carbocycles. The number of carbonyl (C=O) groups excluding carboxylic acids is 1. The van der Waals surface area contributed by atoms with Gasteiger partial charge in [0.1, 0.15) is 4.34 Å². The molecule has 1 aliphatic carbocycles. The Labute approximate surface area is 128 Å². The van der Waals surface area contributed by atoms with E-state index in [9.17, 15) is 10.1 Å². The molecule has 5 nitrogen and oxygen atoms in total. The van der Waals surface area contributed by atoms with E-state index in [1.54, 1.807) is 0 Å². The molecule has 0 saturated heterocycles. The highest BCUT2D eigenvalue weighted by molar-refractivity contribution is 7.17. The summed E-state index contributed by atoms with van der Waals surface area (Å²) in [5.74, 6) is -0.0154. The van der Waals surface area contributed by atoms with Gasteiger partial charge in [0.25, 0.3) is 5.91 Å². The van der Waals surface area contributed by atoms with E-state index in [0.29, 0.717) is 15.3 Å². The summed E-state index contributed by atoms with van der Waals surface area (Å²) in [7, 11) is 1.50. The summed E-state index contributed by atoms with van der Waals surface area (Å²) in [5, 5.41) is 12.4. The van der Waals surface area contributed by atoms with Gasteiger partial charge in [-0.3, -0.25) is 4.79 Å². The Bertz CT molecular complexity index is 485. The first kappa shape index (κ1) is 16.9. The number of nitrogens with two attached hydrogens (primary N) is 1. The largest absolute Gasteiger partial charge is 0.346 e. The lowest BCUT2D eigenvalue weighted by molar-refractivity contribution is 0.0904. The molecule has 2 rings (SSSR count). The number of nitrogens with zero attached hydrogens (tertiary/aromatic N) is 2. The van der Waals surface area contributed by atoms with Crippen LogP contribution in [0.4, 0.5) is 0 Å². The quantitative estimate of drug-likeness (QED) is 0.877. The number of hydrogen-bond donors (Lipinski definition) is 2. The van der Waals surface area contributed by atoms with Gasteiger partial charge in [-0.2, -0.15) is 5.26 Å². The number of nitrogens with one attached hydrogen (secondary N) is 1. The van der Waals surface area contributed by atoms with Crippen LogP contribution in [0.25, 0.3) is 0 Å². The summed E-state index contributed by atoms with van der Waals surface area (Å²) in [6, 6.07) is 2.23. The van der Waals surface area contributed by atoms with Crippen LogP contribution in [0, 0.1) is 23.2 Å². The lowest BCUT2D eigenvalue weighted by Gasteiger charge is -2.32. The summed E-state index contributed by atoms with van der Waals surface area (Å²) in [6.45, 7) is 2.06. The molecule has 7 heteroatoms. The van der Waals surface area contributed by atoms with E-state index in [2.05, 4.69) is 29.0 Å². The minimum absolute atomic E-state index is 0.0751. The third kappa shape index (κ3) is 4.17. The van der Waals surface area contributed by atoms with Crippen LogP contribution >= 0.6 is 22.9 Å². The topological polar surface area (TPSA) is 91.8 Å². The molecule has 3 N–H and O–H groups in total. The predicted octanol–water partition coefficient (Wildman–Crippen LogP) is 2.43. The molecule has 1 aromatic rings. The van der Waals surface area contributed by atoms with E-state index in [1.807, 2.05) is 0 Å². The molecule has 1 amide bonds. The van der Waals surface area contributed by atoms with Crippen molar-refractivity contribution < 1.29 is 4.79 Å². The van der Waals surface area contributed by atoms with Gasteiger partial charge in [0, 0.05) is 6.04 Å². The van der Waals surface area contributed by atoms with Crippen molar-refractivity contribution in [2.75, 3.05) is 7.05 Å². The molecular formula is C13H19ClN4OS. The number of nitriles is 1. The van der Waals surface area contributed by atoms with Crippen molar-refractivity contribution in [1.29, 1.82) is 5.26 Å². The van der Waals surface area contributed by atoms with E-state index in [1.165, 1.54) is 13.2 Å². The monoisotopic (exact) mass is 314 g/mol. The van der Waals surface area contributed by atoms with Gasteiger partial charge >= 0.3 is 0 Å². The Kier molecular flexibility index (Phi) is 6.93. The van der Waals surface area contributed by atoms with Crippen molar-refractivity contribution in [2.45, 2.75) is 32.2 Å². The van der Waals surface area contributed by atoms with Gasteiger partial charge in [0.15, 0.2) is 5.01 Å². The summed E-state index contributed by atoms with van der Waals surface area (Å²) in [5.41, 5.74) is 4.50. The molecule has 1 aromatic heterocycles. The molecule has 1 fully saturated rings. The fourth-order valence-corrected chi connectivity index (χ4v) is 3.20. The zero-order valence-corrected chi connectivity index (χ0v) is 13.2. The van der Waals surface area contributed by atoms with E-state index in [-0.39, 0.29) is 17.9 Å². The van der Waals surface area contributed by atoms with E-state index < -0.39 is 0 Å². The first-order chi connectivity index (χ1) is 9.61. The highest BCUT2D eigenvalue weighted by Crippen LogP contribution is 2.30. The summed E-state index contributed by atoms with van der Waals surface area (Å²) >= 11 is 6.90. The molecular weight excluding hydrogens is 296 g/mol. The molecule has 1 aliphatic rings. The predicted molar refractivity (Wildman–Crippen MR) is 80.6 cm³/mol. The highest BCUT2D eigenvalue weighted by Gasteiger charge is 2.32. The van der Waals surface area contributed by atoms with Crippen molar-refractivity contribution in [3.8, 4) is 6.07 Å². The third-order valence-corrected chi connectivity index (χ3v) is 4.47. The molecule has 0 spiro atoms. The molecule has 0 bridgehead atoms. The first-order valence-corrected chi connectivity index (χ1v) is 7.71. The van der Waals surface area contributed by atoms with Crippen molar-refractivity contribution >= 4 is 28.8 Å². The smallest absolute Gasteiger partial charge is 0.280 e. The summed E-state index contributed by atoms with van der Waals surface area (Å²) < 4.78 is 0.494. The second-order valence-electron chi connectivity index (χ2n) is 4.61. The van der Waals surface area contributed by atoms with Crippen LogP contribution in [-0.2, 0) is 0 Å². The summed E-state index contributed by atoms with van der Waals surface area (Å²) in [6.07, 6.45) is 4.41. The zero-order valence-electron chi connectivity index (χ0n) is 11.6. The molecule has 0 aliphatic heterocycles. The zero-order chi connectivity index (χ0) is 15.1. The van der Waals surface area contributed by atoms with Gasteiger partial charge in [-0.05, 0) is 25.8 Å². The molecule has 3 atom stereocenters. The molecule has 1 heterocycles. The van der Waals surface area contributed by atoms with Crippen LogP contribution in [-0.4, -0.2) is 24.0 Å². The number of rotatable bonds is 2. The van der Waals surface area contributed by atoms with Crippen LogP contribution in [0.15, 0.2) is 6.20 Å². The number of halogens is 1. The number of carbonyl (C=O) groups is 1. The Hall–Kier alpha value is -1.16. The Morgan fingerprint density at radius 3 is 2.85 bits per heavy atom. The fourth-order valence-electron chi connectivity index (χ4n) is 2.38. The average Bonchev–Trinajstić information content (AvgIpc) is 2.88. The van der Waals surface area contributed by atoms with Gasteiger partial charge < -0.3 is 11.1 Å². The van der Waals surface area contributed by atoms with Crippen LogP contribution in [0.5, 0.6) is 0 Å². The van der Waals surface area contributed by atoms with Crippen molar-refractivity contribution in [1.82, 2.24) is 10.3 Å². The highest BCUT2D eigenvalue weighted by atomic mass is 35.5. The lowest BCUT2D eigenvalue weighted by Crippen LogP contribution is -2.44. The number of thiazole rings is 1. The molecule has 20 heavy (non-hydrogen) atoms.